The SMILES string of the molecule is C=CCN1C(=O)/C(=C/c2ccc(-c3ccc([N+](=O)OC)cc3C)o2)SC1=S. The number of nitrogens with zero attached hydrogens (tertiary/aromatic N) is 2. The lowest BCUT2D eigenvalue weighted by Gasteiger charge is -2.10. The second-order valence-electron chi connectivity index (χ2n) is 5.72. The standard InChI is InChI=1S/C19H17N2O4S2/c1-4-9-20-18(22)17(27-19(20)26)11-14-6-8-16(25-14)15-7-5-13(10-12(15)2)21(23)24-3/h4-8,10-11H,1,9H2,2-3H3/q+1/b17-11-. The molecule has 0 atom stereocenters. The predicted molar refractivity (Wildman–Crippen MR) is 109 cm³/mol. The molecule has 0 unspecified atom stereocenters. The first-order chi connectivity index (χ1) is 12.9. The lowest BCUT2D eigenvalue weighted by atomic mass is 10.1. The van der Waals surface area contributed by atoms with E-state index in [0.29, 0.717) is 37.9 Å². The highest BCUT2D eigenvalue weighted by Gasteiger charge is 2.31. The molecule has 1 saturated heterocycles. The van der Waals surface area contributed by atoms with Gasteiger partial charge in [-0.25, -0.2) is 4.84 Å². The highest BCUT2D eigenvalue weighted by atomic mass is 32.2. The van der Waals surface area contributed by atoms with Crippen LogP contribution in [-0.2, 0) is 9.63 Å². The molecule has 0 N–H and O–H groups in total. The van der Waals surface area contributed by atoms with Gasteiger partial charge in [0.25, 0.3) is 10.8 Å². The molecule has 1 aromatic carbocycles. The van der Waals surface area contributed by atoms with E-state index in [-0.39, 0.29) is 5.91 Å². The number of aryl methyl sites for hydroxylation is 1. The summed E-state index contributed by atoms with van der Waals surface area (Å²) in [5, 5.41) is 0. The van der Waals surface area contributed by atoms with Crippen LogP contribution >= 0.6 is 24.0 Å². The first-order valence-electron chi connectivity index (χ1n) is 8.03. The summed E-state index contributed by atoms with van der Waals surface area (Å²) in [4.78, 5) is 31.0. The van der Waals surface area contributed by atoms with Crippen molar-refractivity contribution in [2.45, 2.75) is 6.92 Å². The Kier molecular flexibility index (Phi) is 5.57. The van der Waals surface area contributed by atoms with Gasteiger partial charge in [-0.1, -0.05) is 30.1 Å². The third-order valence-electron chi connectivity index (χ3n) is 3.94. The number of rotatable bonds is 6. The van der Waals surface area contributed by atoms with Crippen molar-refractivity contribution in [1.82, 2.24) is 4.90 Å². The molecular formula is C19H17N2O4S2+. The van der Waals surface area contributed by atoms with E-state index in [1.807, 2.05) is 13.0 Å². The third-order valence-corrected chi connectivity index (χ3v) is 5.32. The van der Waals surface area contributed by atoms with Crippen LogP contribution in [0.2, 0.25) is 0 Å². The van der Waals surface area contributed by atoms with Gasteiger partial charge in [0, 0.05) is 30.3 Å². The van der Waals surface area contributed by atoms with Crippen LogP contribution in [0.15, 0.2) is 52.3 Å². The first kappa shape index (κ1) is 19.1. The van der Waals surface area contributed by atoms with E-state index in [0.717, 1.165) is 11.1 Å². The Hall–Kier alpha value is -2.71. The zero-order valence-corrected chi connectivity index (χ0v) is 16.4. The van der Waals surface area contributed by atoms with Crippen molar-refractivity contribution < 1.29 is 19.0 Å². The van der Waals surface area contributed by atoms with E-state index >= 15 is 0 Å². The minimum atomic E-state index is -0.154. The number of furan rings is 1. The summed E-state index contributed by atoms with van der Waals surface area (Å²) in [5.74, 6) is 1.04. The molecule has 1 aliphatic rings. The van der Waals surface area contributed by atoms with Crippen LogP contribution in [0.25, 0.3) is 17.4 Å². The molecule has 8 heteroatoms. The number of carbonyl (C=O) groups is 1. The largest absolute Gasteiger partial charge is 0.457 e. The van der Waals surface area contributed by atoms with Crippen LogP contribution < -0.4 is 0 Å². The molecule has 138 valence electrons. The van der Waals surface area contributed by atoms with E-state index < -0.39 is 0 Å². The van der Waals surface area contributed by atoms with Crippen LogP contribution in [0.4, 0.5) is 5.69 Å². The Balaban J connectivity index is 1.86. The van der Waals surface area contributed by atoms with Crippen molar-refractivity contribution in [1.29, 1.82) is 0 Å². The van der Waals surface area contributed by atoms with E-state index in [1.54, 1.807) is 36.4 Å². The van der Waals surface area contributed by atoms with E-state index in [2.05, 4.69) is 11.4 Å². The highest BCUT2D eigenvalue weighted by molar-refractivity contribution is 8.26. The van der Waals surface area contributed by atoms with Gasteiger partial charge < -0.3 is 4.42 Å². The quantitative estimate of drug-likeness (QED) is 0.305. The molecule has 1 amide bonds. The zero-order valence-electron chi connectivity index (χ0n) is 14.8. The molecule has 27 heavy (non-hydrogen) atoms. The Morgan fingerprint density at radius 1 is 1.37 bits per heavy atom. The van der Waals surface area contributed by atoms with Gasteiger partial charge in [0.15, 0.2) is 7.11 Å². The van der Waals surface area contributed by atoms with Crippen LogP contribution in [0.3, 0.4) is 0 Å². The van der Waals surface area contributed by atoms with Gasteiger partial charge in [-0.15, -0.1) is 6.58 Å². The zero-order chi connectivity index (χ0) is 19.6. The van der Waals surface area contributed by atoms with E-state index in [4.69, 9.17) is 16.6 Å². The molecular weight excluding hydrogens is 384 g/mol. The van der Waals surface area contributed by atoms with Gasteiger partial charge in [0.2, 0.25) is 0 Å². The average Bonchev–Trinajstić information content (AvgIpc) is 3.21. The summed E-state index contributed by atoms with van der Waals surface area (Å²) in [6.45, 7) is 5.90. The predicted octanol–water partition coefficient (Wildman–Crippen LogP) is 4.61. The average molecular weight is 401 g/mol. The van der Waals surface area contributed by atoms with E-state index in [1.165, 1.54) is 23.8 Å². The molecule has 0 bridgehead atoms. The second-order valence-corrected chi connectivity index (χ2v) is 7.40. The van der Waals surface area contributed by atoms with Crippen molar-refractivity contribution in [2.75, 3.05) is 13.7 Å². The number of carbonyl (C=O) groups excluding carboxylic acids is 1. The van der Waals surface area contributed by atoms with Crippen LogP contribution in [0.1, 0.15) is 11.3 Å². The minimum Gasteiger partial charge on any atom is -0.457 e. The molecule has 1 fully saturated rings. The molecule has 2 heterocycles. The summed E-state index contributed by atoms with van der Waals surface area (Å²) in [5.41, 5.74) is 2.11. The third kappa shape index (κ3) is 3.86. The molecule has 0 saturated carbocycles. The lowest BCUT2D eigenvalue weighted by molar-refractivity contribution is -0.736. The smallest absolute Gasteiger partial charge is 0.317 e. The maximum Gasteiger partial charge on any atom is 0.317 e. The van der Waals surface area contributed by atoms with Gasteiger partial charge in [0.05, 0.1) is 9.81 Å². The van der Waals surface area contributed by atoms with Gasteiger partial charge in [-0.2, -0.15) is 0 Å². The molecule has 1 aliphatic heterocycles. The highest BCUT2D eigenvalue weighted by Crippen LogP contribution is 2.34. The summed E-state index contributed by atoms with van der Waals surface area (Å²) < 4.78 is 6.38. The Bertz CT molecular complexity index is 978. The Morgan fingerprint density at radius 2 is 2.15 bits per heavy atom. The monoisotopic (exact) mass is 401 g/mol. The fourth-order valence-corrected chi connectivity index (χ4v) is 3.89. The number of benzene rings is 1. The first-order valence-corrected chi connectivity index (χ1v) is 9.25. The van der Waals surface area contributed by atoms with Gasteiger partial charge in [0.1, 0.15) is 15.8 Å². The normalized spacial score (nSPS) is 15.5. The lowest BCUT2D eigenvalue weighted by Crippen LogP contribution is -2.27. The van der Waals surface area contributed by atoms with Crippen LogP contribution in [0, 0.1) is 11.8 Å². The number of hydrogen-bond donors (Lipinski definition) is 0. The summed E-state index contributed by atoms with van der Waals surface area (Å²) in [6.07, 6.45) is 3.32. The number of hydrogen-bond acceptors (Lipinski definition) is 6. The fraction of sp³-hybridized carbons (Fsp3) is 0.158. The van der Waals surface area contributed by atoms with Gasteiger partial charge in [-0.3, -0.25) is 9.69 Å². The van der Waals surface area contributed by atoms with Gasteiger partial charge in [-0.05, 0) is 30.7 Å². The summed E-state index contributed by atoms with van der Waals surface area (Å²) >= 11 is 6.47. The van der Waals surface area contributed by atoms with Crippen molar-refractivity contribution in [2.24, 2.45) is 0 Å². The van der Waals surface area contributed by atoms with E-state index in [9.17, 15) is 9.70 Å². The molecule has 0 spiro atoms. The maximum atomic E-state index is 12.4. The van der Waals surface area contributed by atoms with Crippen molar-refractivity contribution in [3.8, 4) is 11.3 Å². The molecule has 0 radical (unpaired) electrons. The minimum absolute atomic E-state index is 0.154. The molecule has 0 aliphatic carbocycles. The maximum absolute atomic E-state index is 12.4. The van der Waals surface area contributed by atoms with Crippen molar-refractivity contribution >= 4 is 46.0 Å². The Morgan fingerprint density at radius 3 is 2.81 bits per heavy atom. The second kappa shape index (κ2) is 7.89. The fourth-order valence-electron chi connectivity index (χ4n) is 2.63. The molecule has 2 aromatic rings. The number of amides is 1. The topological polar surface area (TPSA) is 62.8 Å². The molecule has 1 aromatic heterocycles. The van der Waals surface area contributed by atoms with Crippen molar-refractivity contribution in [3.05, 3.63) is 64.1 Å². The van der Waals surface area contributed by atoms with Crippen molar-refractivity contribution in [3.63, 3.8) is 0 Å². The Labute approximate surface area is 166 Å². The summed E-state index contributed by atoms with van der Waals surface area (Å²) in [6, 6.07) is 8.78. The van der Waals surface area contributed by atoms with Gasteiger partial charge >= 0.3 is 5.69 Å². The van der Waals surface area contributed by atoms with Crippen LogP contribution in [0.5, 0.6) is 0 Å². The summed E-state index contributed by atoms with van der Waals surface area (Å²) in [7, 11) is 1.31. The molecule has 6 nitrogen and oxygen atoms in total. The number of thioether (sulfide) groups is 1. The van der Waals surface area contributed by atoms with Crippen LogP contribution in [-0.4, -0.2) is 33.7 Å². The molecule has 3 rings (SSSR count). The number of thiocarbonyl (C=S) groups is 1.